The summed E-state index contributed by atoms with van der Waals surface area (Å²) >= 11 is 6.10. The molecule has 0 aromatic carbocycles. The number of nitrogens with two attached hydrogens (primary N) is 2. The third kappa shape index (κ3) is 3.07. The van der Waals surface area contributed by atoms with Gasteiger partial charge >= 0.3 is 0 Å². The van der Waals surface area contributed by atoms with Crippen LogP contribution in [0.3, 0.4) is 0 Å². The van der Waals surface area contributed by atoms with Crippen LogP contribution in [0.4, 0.5) is 11.6 Å². The van der Waals surface area contributed by atoms with Crippen LogP contribution in [0, 0.1) is 0 Å². The Morgan fingerprint density at radius 1 is 1.18 bits per heavy atom. The zero-order valence-electron chi connectivity index (χ0n) is 15.2. The molecule has 1 fully saturated rings. The summed E-state index contributed by atoms with van der Waals surface area (Å²) in [6.45, 7) is 3.51. The standard InChI is InChI=1S/C17H20ClN7O2S/c1-17(20)4-8-24(9-5-17)16-11-2-7-23-25(11)13(10-22-16)28(26,27)12-3-6-21-15(19)14(12)18/h2-3,6-7,10H,4-5,8-9,20H2,1H3,(H2,19,21). The number of nitrogen functional groups attached to an aromatic ring is 1. The molecule has 4 rings (SSSR count). The number of piperidine rings is 1. The van der Waals surface area contributed by atoms with E-state index in [0.29, 0.717) is 11.3 Å². The fourth-order valence-electron chi connectivity index (χ4n) is 3.30. The van der Waals surface area contributed by atoms with E-state index < -0.39 is 9.84 Å². The number of halogens is 1. The third-order valence-electron chi connectivity index (χ3n) is 5.03. The topological polar surface area (TPSA) is 132 Å². The highest BCUT2D eigenvalue weighted by Crippen LogP contribution is 2.32. The van der Waals surface area contributed by atoms with Crippen LogP contribution < -0.4 is 16.4 Å². The summed E-state index contributed by atoms with van der Waals surface area (Å²) in [5.41, 5.74) is 12.3. The lowest BCUT2D eigenvalue weighted by atomic mass is 9.91. The minimum absolute atomic E-state index is 0.0535. The predicted molar refractivity (Wildman–Crippen MR) is 106 cm³/mol. The molecule has 4 heterocycles. The molecule has 9 nitrogen and oxygen atoms in total. The van der Waals surface area contributed by atoms with Crippen molar-refractivity contribution in [2.75, 3.05) is 23.7 Å². The maximum absolute atomic E-state index is 13.2. The van der Waals surface area contributed by atoms with Gasteiger partial charge in [0.05, 0.1) is 17.3 Å². The van der Waals surface area contributed by atoms with E-state index in [4.69, 9.17) is 23.1 Å². The fraction of sp³-hybridized carbons (Fsp3) is 0.353. The van der Waals surface area contributed by atoms with Gasteiger partial charge in [-0.1, -0.05) is 11.6 Å². The molecule has 3 aromatic heterocycles. The number of anilines is 2. The normalized spacial score (nSPS) is 17.2. The van der Waals surface area contributed by atoms with Gasteiger partial charge in [-0.25, -0.2) is 22.9 Å². The summed E-state index contributed by atoms with van der Waals surface area (Å²) in [6, 6.07) is 3.05. The van der Waals surface area contributed by atoms with Crippen molar-refractivity contribution in [1.82, 2.24) is 19.6 Å². The molecular formula is C17H20ClN7O2S. The Morgan fingerprint density at radius 2 is 1.89 bits per heavy atom. The summed E-state index contributed by atoms with van der Waals surface area (Å²) in [6.07, 6.45) is 5.78. The van der Waals surface area contributed by atoms with Crippen molar-refractivity contribution in [1.29, 1.82) is 0 Å². The van der Waals surface area contributed by atoms with Gasteiger partial charge < -0.3 is 16.4 Å². The number of rotatable bonds is 3. The van der Waals surface area contributed by atoms with E-state index in [-0.39, 0.29) is 26.3 Å². The van der Waals surface area contributed by atoms with Gasteiger partial charge in [0.1, 0.15) is 16.4 Å². The van der Waals surface area contributed by atoms with Crippen LogP contribution in [-0.2, 0) is 9.84 Å². The number of hydrogen-bond donors (Lipinski definition) is 2. The molecule has 4 N–H and O–H groups in total. The Bertz CT molecular complexity index is 1150. The van der Waals surface area contributed by atoms with Crippen molar-refractivity contribution in [3.8, 4) is 0 Å². The minimum Gasteiger partial charge on any atom is -0.382 e. The molecule has 1 aliphatic rings. The van der Waals surface area contributed by atoms with Gasteiger partial charge in [-0.05, 0) is 31.9 Å². The van der Waals surface area contributed by atoms with Gasteiger partial charge in [0.2, 0.25) is 9.84 Å². The Labute approximate surface area is 167 Å². The number of fused-ring (bicyclic) bond motifs is 1. The van der Waals surface area contributed by atoms with Crippen LogP contribution in [-0.4, -0.2) is 46.6 Å². The lowest BCUT2D eigenvalue weighted by molar-refractivity contribution is 0.363. The SMILES string of the molecule is CC1(N)CCN(c2ncc(S(=O)(=O)c3ccnc(N)c3Cl)n3nccc23)CC1. The van der Waals surface area contributed by atoms with E-state index in [2.05, 4.69) is 20.0 Å². The number of pyridine rings is 1. The van der Waals surface area contributed by atoms with Crippen molar-refractivity contribution in [2.45, 2.75) is 35.2 Å². The molecule has 3 aromatic rings. The van der Waals surface area contributed by atoms with Crippen LogP contribution in [0.5, 0.6) is 0 Å². The first kappa shape index (κ1) is 18.9. The molecule has 0 aliphatic carbocycles. The predicted octanol–water partition coefficient (Wildman–Crippen LogP) is 1.51. The lowest BCUT2D eigenvalue weighted by Gasteiger charge is -2.37. The number of aromatic nitrogens is 4. The van der Waals surface area contributed by atoms with Gasteiger partial charge in [0.25, 0.3) is 0 Å². The summed E-state index contributed by atoms with van der Waals surface area (Å²) in [7, 11) is -4.01. The van der Waals surface area contributed by atoms with Gasteiger partial charge in [-0.2, -0.15) is 5.10 Å². The largest absolute Gasteiger partial charge is 0.382 e. The van der Waals surface area contributed by atoms with Gasteiger partial charge in [0, 0.05) is 24.8 Å². The average Bonchev–Trinajstić information content (AvgIpc) is 3.13. The summed E-state index contributed by atoms with van der Waals surface area (Å²) < 4.78 is 27.7. The van der Waals surface area contributed by atoms with Crippen molar-refractivity contribution in [2.24, 2.45) is 5.73 Å². The van der Waals surface area contributed by atoms with Crippen molar-refractivity contribution in [3.05, 3.63) is 35.7 Å². The number of nitrogens with zero attached hydrogens (tertiary/aromatic N) is 5. The van der Waals surface area contributed by atoms with E-state index in [9.17, 15) is 8.42 Å². The molecule has 0 unspecified atom stereocenters. The molecule has 0 radical (unpaired) electrons. The molecule has 148 valence electrons. The first-order valence-electron chi connectivity index (χ1n) is 8.72. The highest BCUT2D eigenvalue weighted by molar-refractivity contribution is 7.91. The molecule has 0 amide bonds. The summed E-state index contributed by atoms with van der Waals surface area (Å²) in [4.78, 5) is 10.2. The highest BCUT2D eigenvalue weighted by Gasteiger charge is 2.30. The van der Waals surface area contributed by atoms with Crippen molar-refractivity contribution in [3.63, 3.8) is 0 Å². The zero-order valence-corrected chi connectivity index (χ0v) is 16.8. The fourth-order valence-corrected chi connectivity index (χ4v) is 5.09. The number of hydrogen-bond acceptors (Lipinski definition) is 8. The van der Waals surface area contributed by atoms with E-state index in [1.165, 1.54) is 23.0 Å². The molecule has 1 saturated heterocycles. The van der Waals surface area contributed by atoms with Crippen LogP contribution in [0.2, 0.25) is 5.02 Å². The van der Waals surface area contributed by atoms with Crippen LogP contribution in [0.25, 0.3) is 5.52 Å². The minimum atomic E-state index is -4.01. The van der Waals surface area contributed by atoms with Crippen molar-refractivity contribution < 1.29 is 8.42 Å². The smallest absolute Gasteiger partial charge is 0.227 e. The second-order valence-electron chi connectivity index (χ2n) is 7.20. The maximum atomic E-state index is 13.2. The van der Waals surface area contributed by atoms with E-state index in [1.807, 2.05) is 6.92 Å². The highest BCUT2D eigenvalue weighted by atomic mass is 35.5. The van der Waals surface area contributed by atoms with E-state index >= 15 is 0 Å². The molecule has 28 heavy (non-hydrogen) atoms. The van der Waals surface area contributed by atoms with Crippen molar-refractivity contribution >= 4 is 38.6 Å². The second-order valence-corrected chi connectivity index (χ2v) is 9.44. The molecule has 0 atom stereocenters. The van der Waals surface area contributed by atoms with Crippen LogP contribution >= 0.6 is 11.6 Å². The van der Waals surface area contributed by atoms with E-state index in [1.54, 1.807) is 12.3 Å². The lowest BCUT2D eigenvalue weighted by Crippen LogP contribution is -2.48. The first-order chi connectivity index (χ1) is 13.2. The molecular weight excluding hydrogens is 402 g/mol. The van der Waals surface area contributed by atoms with Crippen LogP contribution in [0.1, 0.15) is 19.8 Å². The monoisotopic (exact) mass is 421 g/mol. The summed E-state index contributed by atoms with van der Waals surface area (Å²) in [5.74, 6) is 0.620. The summed E-state index contributed by atoms with van der Waals surface area (Å²) in [5, 5.41) is 3.99. The van der Waals surface area contributed by atoms with Gasteiger partial charge in [-0.3, -0.25) is 0 Å². The average molecular weight is 422 g/mol. The quantitative estimate of drug-likeness (QED) is 0.650. The second kappa shape index (κ2) is 6.57. The van der Waals surface area contributed by atoms with E-state index in [0.717, 1.165) is 25.9 Å². The Balaban J connectivity index is 1.81. The molecule has 0 bridgehead atoms. The Kier molecular flexibility index (Phi) is 4.44. The molecule has 0 saturated carbocycles. The Morgan fingerprint density at radius 3 is 2.61 bits per heavy atom. The first-order valence-corrected chi connectivity index (χ1v) is 10.6. The molecule has 1 aliphatic heterocycles. The maximum Gasteiger partial charge on any atom is 0.227 e. The number of sulfone groups is 1. The van der Waals surface area contributed by atoms with Gasteiger partial charge in [-0.15, -0.1) is 0 Å². The van der Waals surface area contributed by atoms with Crippen LogP contribution in [0.15, 0.2) is 40.6 Å². The molecule has 11 heteroatoms. The Hall–Kier alpha value is -2.43. The molecule has 0 spiro atoms. The zero-order chi connectivity index (χ0) is 20.1. The third-order valence-corrected chi connectivity index (χ3v) is 7.29. The van der Waals surface area contributed by atoms with Gasteiger partial charge in [0.15, 0.2) is 10.8 Å².